The van der Waals surface area contributed by atoms with Gasteiger partial charge in [0.25, 0.3) is 22.7 Å². The normalized spacial score (nSPS) is 10.9. The molecule has 0 atom stereocenters. The quantitative estimate of drug-likeness (QED) is 0.0853. The Balaban J connectivity index is 0.000000224. The maximum Gasteiger partial charge on any atom is 3.00 e. The molecular formula is C32H25CrN10O8+2. The van der Waals surface area contributed by atoms with E-state index in [1.165, 1.54) is 21.5 Å². The second kappa shape index (κ2) is 16.0. The van der Waals surface area contributed by atoms with Gasteiger partial charge in [-0.25, -0.2) is 9.36 Å². The van der Waals surface area contributed by atoms with Crippen LogP contribution in [0.4, 0.5) is 34.1 Å². The zero-order chi connectivity index (χ0) is 35.9. The average molecular weight is 730 g/mol. The van der Waals surface area contributed by atoms with Crippen molar-refractivity contribution >= 4 is 34.1 Å². The van der Waals surface area contributed by atoms with E-state index >= 15 is 0 Å². The second-order valence-electron chi connectivity index (χ2n) is 10.3. The monoisotopic (exact) mass is 729 g/mol. The third kappa shape index (κ3) is 8.37. The number of nitrogens with zero attached hydrogens (tertiary/aromatic N) is 9. The first-order chi connectivity index (χ1) is 23.9. The number of nitro groups is 2. The molecule has 0 aliphatic heterocycles. The van der Waals surface area contributed by atoms with Crippen molar-refractivity contribution in [3.8, 4) is 28.8 Å². The third-order valence-corrected chi connectivity index (χ3v) is 6.90. The van der Waals surface area contributed by atoms with Gasteiger partial charge in [0.05, 0.1) is 44.4 Å². The number of hydrogen-bond donors (Lipinski definition) is 1. The van der Waals surface area contributed by atoms with Gasteiger partial charge in [0.2, 0.25) is 0 Å². The van der Waals surface area contributed by atoms with Crippen molar-refractivity contribution in [1.82, 2.24) is 19.6 Å². The fourth-order valence-corrected chi connectivity index (χ4v) is 4.39. The molecule has 0 spiro atoms. The van der Waals surface area contributed by atoms with Crippen LogP contribution in [0.2, 0.25) is 0 Å². The summed E-state index contributed by atoms with van der Waals surface area (Å²) in [5.41, 5.74) is 0.955. The molecular weight excluding hydrogens is 704 g/mol. The molecule has 2 heterocycles. The zero-order valence-corrected chi connectivity index (χ0v) is 27.8. The Hall–Kier alpha value is -6.97. The van der Waals surface area contributed by atoms with Crippen LogP contribution in [0.5, 0.6) is 17.4 Å². The van der Waals surface area contributed by atoms with Crippen molar-refractivity contribution in [2.45, 2.75) is 13.8 Å². The smallest absolute Gasteiger partial charge is 0.871 e. The van der Waals surface area contributed by atoms with Gasteiger partial charge in [-0.2, -0.15) is 10.2 Å². The van der Waals surface area contributed by atoms with Gasteiger partial charge >= 0.3 is 17.4 Å². The molecule has 0 amide bonds. The van der Waals surface area contributed by atoms with Crippen LogP contribution in [0.15, 0.2) is 122 Å². The summed E-state index contributed by atoms with van der Waals surface area (Å²) in [6, 6.07) is 24.5. The fraction of sp³-hybridized carbons (Fsp3) is 0.0625. The number of non-ortho nitro benzene ring substituents is 2. The number of azo groups is 2. The van der Waals surface area contributed by atoms with Crippen LogP contribution in [0.1, 0.15) is 11.4 Å². The molecule has 4 aromatic carbocycles. The Morgan fingerprint density at radius 3 is 1.86 bits per heavy atom. The molecule has 0 aliphatic rings. The predicted molar refractivity (Wildman–Crippen MR) is 176 cm³/mol. The second-order valence-corrected chi connectivity index (χ2v) is 10.3. The summed E-state index contributed by atoms with van der Waals surface area (Å²) in [5, 5.41) is 75.8. The van der Waals surface area contributed by atoms with E-state index in [9.17, 15) is 35.2 Å². The Morgan fingerprint density at radius 2 is 1.25 bits per heavy atom. The first-order valence-electron chi connectivity index (χ1n) is 14.4. The van der Waals surface area contributed by atoms with Crippen LogP contribution in [-0.2, 0) is 17.4 Å². The van der Waals surface area contributed by atoms with Crippen molar-refractivity contribution in [2.75, 3.05) is 0 Å². The average Bonchev–Trinajstić information content (AvgIpc) is 3.56. The first-order valence-corrected chi connectivity index (χ1v) is 14.4. The van der Waals surface area contributed by atoms with Crippen LogP contribution < -0.4 is 15.8 Å². The Morgan fingerprint density at radius 1 is 0.725 bits per heavy atom. The Bertz CT molecular complexity index is 2320. The van der Waals surface area contributed by atoms with Gasteiger partial charge in [0, 0.05) is 30.1 Å². The van der Waals surface area contributed by atoms with E-state index in [1.807, 2.05) is 12.1 Å². The molecule has 255 valence electrons. The predicted octanol–water partition coefficient (Wildman–Crippen LogP) is 5.88. The minimum atomic E-state index is -0.637. The third-order valence-electron chi connectivity index (χ3n) is 6.90. The van der Waals surface area contributed by atoms with E-state index in [4.69, 9.17) is 5.11 Å². The number of H-pyrrole nitrogens is 1. The fourth-order valence-electron chi connectivity index (χ4n) is 4.39. The van der Waals surface area contributed by atoms with Gasteiger partial charge in [0.1, 0.15) is 5.69 Å². The van der Waals surface area contributed by atoms with Gasteiger partial charge in [0.15, 0.2) is 11.4 Å². The molecule has 0 fully saturated rings. The van der Waals surface area contributed by atoms with Gasteiger partial charge in [-0.15, -0.1) is 15.3 Å². The molecule has 18 nitrogen and oxygen atoms in total. The van der Waals surface area contributed by atoms with Crippen LogP contribution in [-0.4, -0.2) is 34.5 Å². The maximum absolute atomic E-state index is 12.5. The number of rotatable bonds is 8. The van der Waals surface area contributed by atoms with E-state index < -0.39 is 27.0 Å². The Labute approximate surface area is 297 Å². The van der Waals surface area contributed by atoms with E-state index in [1.54, 1.807) is 62.4 Å². The summed E-state index contributed by atoms with van der Waals surface area (Å²) in [6.45, 7) is 3.25. The largest absolute Gasteiger partial charge is 3.00 e. The SMILES string of the molecule is Cc1[nH]n(-c2ccccc2)c(=O)c1N=Nc1cc([N+](=O)[O-])ccc1[O-].Cc1nn(-c2ccccc2)c([O-])c1N=Nc1cc([N+](=O)[O-])ccc1[OH2+].[Cr+3]. The van der Waals surface area contributed by atoms with Crippen molar-refractivity contribution in [3.63, 3.8) is 0 Å². The standard InChI is InChI=1S/2C16H13N5O4.Cr/c2*1-10-15(16(23)20(19-10)11-5-3-2-4-6-11)18-17-13-9-12(21(24)25)7-8-14(13)22;/h2-9,22-23H,1H3;2-9,19,22H,1H3;/q;;+3/p-1. The molecule has 3 N–H and O–H groups in total. The molecule has 6 rings (SSSR count). The first kappa shape index (κ1) is 36.9. The molecule has 2 aromatic heterocycles. The maximum atomic E-state index is 12.5. The van der Waals surface area contributed by atoms with E-state index in [2.05, 4.69) is 30.7 Å². The molecule has 0 saturated carbocycles. The molecule has 6 aromatic rings. The zero-order valence-electron chi connectivity index (χ0n) is 26.5. The summed E-state index contributed by atoms with van der Waals surface area (Å²) < 4.78 is 2.51. The van der Waals surface area contributed by atoms with Gasteiger partial charge in [-0.05, 0) is 38.1 Å². The van der Waals surface area contributed by atoms with Crippen molar-refractivity contribution < 1.29 is 42.5 Å². The number of aromatic amines is 1. The van der Waals surface area contributed by atoms with Crippen LogP contribution in [0.25, 0.3) is 11.4 Å². The molecule has 19 heteroatoms. The summed E-state index contributed by atoms with van der Waals surface area (Å²) >= 11 is 0. The number of para-hydroxylation sites is 2. The number of aromatic nitrogens is 4. The van der Waals surface area contributed by atoms with Crippen LogP contribution in [0.3, 0.4) is 0 Å². The van der Waals surface area contributed by atoms with Crippen LogP contribution >= 0.6 is 0 Å². The summed E-state index contributed by atoms with van der Waals surface area (Å²) in [5.74, 6) is -1.01. The van der Waals surface area contributed by atoms with Crippen LogP contribution in [0, 0.1) is 34.1 Å². The summed E-state index contributed by atoms with van der Waals surface area (Å²) in [6.07, 6.45) is 0. The number of aryl methyl sites for hydroxylation is 2. The van der Waals surface area contributed by atoms with Gasteiger partial charge < -0.3 is 15.3 Å². The number of benzene rings is 4. The minimum Gasteiger partial charge on any atom is -0.871 e. The molecule has 1 radical (unpaired) electrons. The summed E-state index contributed by atoms with van der Waals surface area (Å²) in [4.78, 5) is 32.8. The number of hydrogen-bond acceptors (Lipinski definition) is 12. The molecule has 0 aliphatic carbocycles. The van der Waals surface area contributed by atoms with Crippen molar-refractivity contribution in [2.24, 2.45) is 20.5 Å². The molecule has 0 unspecified atom stereocenters. The molecule has 0 bridgehead atoms. The van der Waals surface area contributed by atoms with Gasteiger partial charge in [-0.1, -0.05) is 48.2 Å². The minimum absolute atomic E-state index is 0. The number of nitrogens with one attached hydrogen (secondary N) is 1. The van der Waals surface area contributed by atoms with Crippen molar-refractivity contribution in [3.05, 3.63) is 139 Å². The van der Waals surface area contributed by atoms with E-state index in [-0.39, 0.29) is 57.2 Å². The van der Waals surface area contributed by atoms with Gasteiger partial charge in [-0.3, -0.25) is 30.1 Å². The molecule has 51 heavy (non-hydrogen) atoms. The molecule has 0 saturated heterocycles. The Kier molecular flexibility index (Phi) is 11.5. The van der Waals surface area contributed by atoms with E-state index in [0.29, 0.717) is 22.8 Å². The van der Waals surface area contributed by atoms with Crippen molar-refractivity contribution in [1.29, 1.82) is 0 Å². The number of nitro benzene ring substituents is 2. The topological polar surface area (TPSA) is 260 Å². The summed E-state index contributed by atoms with van der Waals surface area (Å²) in [7, 11) is 0. The van der Waals surface area contributed by atoms with E-state index in [0.717, 1.165) is 24.3 Å².